The molecule has 0 aromatic heterocycles. The molecule has 0 atom stereocenters. The van der Waals surface area contributed by atoms with Crippen molar-refractivity contribution in [1.29, 1.82) is 0 Å². The van der Waals surface area contributed by atoms with Gasteiger partial charge in [0.15, 0.2) is 0 Å². The summed E-state index contributed by atoms with van der Waals surface area (Å²) in [6.07, 6.45) is 5.24. The average molecular weight is 156 g/mol. The number of nitrogens with one attached hydrogen (secondary N) is 1. The smallest absolute Gasteiger partial charge is 0.426 e. The predicted molar refractivity (Wildman–Crippen MR) is 41.0 cm³/mol. The monoisotopic (exact) mass is 156 g/mol. The fraction of sp³-hybridized carbons (Fsp3) is 0.875. The number of hydrogen-bond donors (Lipinski definition) is 0. The summed E-state index contributed by atoms with van der Waals surface area (Å²) >= 11 is 0. The van der Waals surface area contributed by atoms with Gasteiger partial charge in [-0.3, -0.25) is 0 Å². The van der Waals surface area contributed by atoms with Gasteiger partial charge >= 0.3 is 6.09 Å². The molecule has 11 heavy (non-hydrogen) atoms. The van der Waals surface area contributed by atoms with E-state index >= 15 is 0 Å². The van der Waals surface area contributed by atoms with Crippen molar-refractivity contribution in [3.8, 4) is 0 Å². The van der Waals surface area contributed by atoms with Crippen LogP contribution in [0.1, 0.15) is 32.1 Å². The lowest BCUT2D eigenvalue weighted by atomic mass is 9.90. The second-order valence-electron chi connectivity index (χ2n) is 3.10. The minimum Gasteiger partial charge on any atom is -0.448 e. The van der Waals surface area contributed by atoms with Gasteiger partial charge in [-0.1, -0.05) is 19.3 Å². The Hall–Kier alpha value is -0.730. The summed E-state index contributed by atoms with van der Waals surface area (Å²) in [6, 6.07) is 0. The van der Waals surface area contributed by atoms with Crippen molar-refractivity contribution in [2.24, 2.45) is 5.92 Å². The summed E-state index contributed by atoms with van der Waals surface area (Å²) in [6.45, 7) is 0.461. The maximum atomic E-state index is 10.1. The van der Waals surface area contributed by atoms with Gasteiger partial charge in [0, 0.05) is 0 Å². The van der Waals surface area contributed by atoms with Crippen LogP contribution in [0.3, 0.4) is 0 Å². The summed E-state index contributed by atoms with van der Waals surface area (Å²) in [5, 5.41) is 0. The number of ether oxygens (including phenoxy) is 1. The van der Waals surface area contributed by atoms with E-state index in [0.29, 0.717) is 12.5 Å². The van der Waals surface area contributed by atoms with Gasteiger partial charge in [-0.2, -0.15) is 0 Å². The van der Waals surface area contributed by atoms with Crippen LogP contribution in [0, 0.1) is 5.92 Å². The lowest BCUT2D eigenvalue weighted by Crippen LogP contribution is -2.16. The second-order valence-corrected chi connectivity index (χ2v) is 3.10. The molecule has 1 saturated carbocycles. The van der Waals surface area contributed by atoms with Crippen molar-refractivity contribution < 1.29 is 9.53 Å². The van der Waals surface area contributed by atoms with Crippen LogP contribution in [0.25, 0.3) is 0 Å². The number of carbonyl (C=O) groups excluding carboxylic acids is 1. The highest BCUT2D eigenvalue weighted by Gasteiger charge is 2.14. The molecule has 3 heteroatoms. The Labute approximate surface area is 66.9 Å². The zero-order chi connectivity index (χ0) is 8.10. The molecule has 0 aliphatic heterocycles. The van der Waals surface area contributed by atoms with E-state index < -0.39 is 6.09 Å². The summed E-state index contributed by atoms with van der Waals surface area (Å²) in [5.41, 5.74) is 6.54. The number of carbonyl (C=O) groups is 1. The molecule has 1 aliphatic rings. The van der Waals surface area contributed by atoms with Crippen LogP contribution < -0.4 is 5.73 Å². The molecule has 1 amide bonds. The van der Waals surface area contributed by atoms with Crippen molar-refractivity contribution in [1.82, 2.24) is 5.73 Å². The van der Waals surface area contributed by atoms with Gasteiger partial charge < -0.3 is 4.74 Å². The van der Waals surface area contributed by atoms with Gasteiger partial charge in [-0.15, -0.1) is 0 Å². The Morgan fingerprint density at radius 1 is 1.36 bits per heavy atom. The Morgan fingerprint density at radius 2 is 2.00 bits per heavy atom. The Kier molecular flexibility index (Phi) is 3.20. The van der Waals surface area contributed by atoms with Gasteiger partial charge in [0.1, 0.15) is 0 Å². The summed E-state index contributed by atoms with van der Waals surface area (Å²) in [4.78, 5) is 10.1. The van der Waals surface area contributed by atoms with Crippen molar-refractivity contribution in [2.45, 2.75) is 32.1 Å². The van der Waals surface area contributed by atoms with E-state index in [1.165, 1.54) is 19.3 Å². The van der Waals surface area contributed by atoms with Crippen LogP contribution in [0.4, 0.5) is 4.79 Å². The zero-order valence-corrected chi connectivity index (χ0v) is 6.64. The molecule has 0 saturated heterocycles. The van der Waals surface area contributed by atoms with Gasteiger partial charge in [0.25, 0.3) is 0 Å². The van der Waals surface area contributed by atoms with Gasteiger partial charge in [0.2, 0.25) is 0 Å². The van der Waals surface area contributed by atoms with Crippen LogP contribution in [0.2, 0.25) is 0 Å². The lowest BCUT2D eigenvalue weighted by Gasteiger charge is -2.20. The predicted octanol–water partition coefficient (Wildman–Crippen LogP) is 1.99. The molecule has 0 aromatic carbocycles. The zero-order valence-electron chi connectivity index (χ0n) is 6.64. The van der Waals surface area contributed by atoms with Crippen molar-refractivity contribution in [2.75, 3.05) is 6.61 Å². The molecule has 0 spiro atoms. The topological polar surface area (TPSA) is 50.1 Å². The average Bonchev–Trinajstić information content (AvgIpc) is 2.03. The van der Waals surface area contributed by atoms with Crippen molar-refractivity contribution in [3.05, 3.63) is 0 Å². The minimum absolute atomic E-state index is 0.461. The first-order valence-electron chi connectivity index (χ1n) is 4.17. The lowest BCUT2D eigenvalue weighted by molar-refractivity contribution is 0.123. The highest BCUT2D eigenvalue weighted by Crippen LogP contribution is 2.23. The quantitative estimate of drug-likeness (QED) is 0.613. The molecule has 0 heterocycles. The van der Waals surface area contributed by atoms with Gasteiger partial charge in [-0.05, 0) is 18.8 Å². The maximum absolute atomic E-state index is 10.1. The van der Waals surface area contributed by atoms with Gasteiger partial charge in [-0.25, -0.2) is 10.5 Å². The molecule has 3 nitrogen and oxygen atoms in total. The van der Waals surface area contributed by atoms with Crippen molar-refractivity contribution >= 4 is 6.09 Å². The number of rotatable bonds is 2. The van der Waals surface area contributed by atoms with E-state index in [1.807, 2.05) is 0 Å². The molecule has 0 aromatic rings. The Bertz CT molecular complexity index is 130. The molecule has 0 bridgehead atoms. The van der Waals surface area contributed by atoms with E-state index in [9.17, 15) is 4.79 Å². The molecule has 1 N–H and O–H groups in total. The van der Waals surface area contributed by atoms with Crippen molar-refractivity contribution in [3.63, 3.8) is 0 Å². The molecule has 1 fully saturated rings. The normalized spacial score (nSPS) is 19.6. The standard InChI is InChI=1S/C8H14NO2/c9-8(10)11-6-7-4-2-1-3-5-7/h7,9H,1-6H2. The molecule has 1 radical (unpaired) electrons. The fourth-order valence-electron chi connectivity index (χ4n) is 1.55. The second kappa shape index (κ2) is 4.21. The first-order valence-corrected chi connectivity index (χ1v) is 4.17. The third kappa shape index (κ3) is 3.25. The van der Waals surface area contributed by atoms with E-state index in [0.717, 1.165) is 12.8 Å². The van der Waals surface area contributed by atoms with E-state index in [1.54, 1.807) is 0 Å². The highest BCUT2D eigenvalue weighted by molar-refractivity contribution is 5.63. The third-order valence-corrected chi connectivity index (χ3v) is 2.17. The van der Waals surface area contributed by atoms with Crippen LogP contribution in [0.15, 0.2) is 0 Å². The first-order chi connectivity index (χ1) is 5.29. The molecule has 1 aliphatic carbocycles. The largest absolute Gasteiger partial charge is 0.448 e. The molecular formula is C8H14NO2. The molecule has 1 rings (SSSR count). The minimum atomic E-state index is -0.893. The van der Waals surface area contributed by atoms with Crippen LogP contribution in [0.5, 0.6) is 0 Å². The van der Waals surface area contributed by atoms with Gasteiger partial charge in [0.05, 0.1) is 6.61 Å². The summed E-state index contributed by atoms with van der Waals surface area (Å²) in [5.74, 6) is 0.526. The van der Waals surface area contributed by atoms with E-state index in [2.05, 4.69) is 4.74 Å². The van der Waals surface area contributed by atoms with E-state index in [4.69, 9.17) is 5.73 Å². The molecular weight excluding hydrogens is 142 g/mol. The SMILES string of the molecule is [NH]C(=O)OCC1CCCCC1. The number of amides is 1. The highest BCUT2D eigenvalue weighted by atomic mass is 16.5. The number of hydrogen-bond acceptors (Lipinski definition) is 2. The Balaban J connectivity index is 2.09. The van der Waals surface area contributed by atoms with Crippen LogP contribution >= 0.6 is 0 Å². The molecule has 63 valence electrons. The van der Waals surface area contributed by atoms with Crippen LogP contribution in [-0.2, 0) is 4.74 Å². The summed E-state index contributed by atoms with van der Waals surface area (Å²) in [7, 11) is 0. The van der Waals surface area contributed by atoms with E-state index in [-0.39, 0.29) is 0 Å². The molecule has 0 unspecified atom stereocenters. The maximum Gasteiger partial charge on any atom is 0.426 e. The van der Waals surface area contributed by atoms with Crippen LogP contribution in [-0.4, -0.2) is 12.7 Å². The fourth-order valence-corrected chi connectivity index (χ4v) is 1.55. The Morgan fingerprint density at radius 3 is 2.55 bits per heavy atom. The first kappa shape index (κ1) is 8.37. The summed E-state index contributed by atoms with van der Waals surface area (Å²) < 4.78 is 4.61. The third-order valence-electron chi connectivity index (χ3n) is 2.17.